The van der Waals surface area contributed by atoms with Crippen LogP contribution >= 0.6 is 0 Å². The standard InChI is InChI=1S/C22H23N3O3/c1-15-6-5-7-16(12-15)10-11-25-14-17(13-20(25)26)21-23-22(28-24-21)18-8-3-4-9-19(18)27-2/h3-9,12,17H,10-11,13-14H2,1-2H3. The van der Waals surface area contributed by atoms with Gasteiger partial charge in [0.2, 0.25) is 5.91 Å². The topological polar surface area (TPSA) is 68.5 Å². The Labute approximate surface area is 164 Å². The number of carbonyl (C=O) groups is 1. The third-order valence-electron chi connectivity index (χ3n) is 5.11. The quantitative estimate of drug-likeness (QED) is 0.656. The minimum atomic E-state index is -0.0442. The van der Waals surface area contributed by atoms with Crippen LogP contribution in [0.5, 0.6) is 5.75 Å². The lowest BCUT2D eigenvalue weighted by Crippen LogP contribution is -2.27. The lowest BCUT2D eigenvalue weighted by molar-refractivity contribution is -0.127. The summed E-state index contributed by atoms with van der Waals surface area (Å²) in [5.74, 6) is 1.77. The number of nitrogens with zero attached hydrogens (tertiary/aromatic N) is 3. The predicted octanol–water partition coefficient (Wildman–Crippen LogP) is 3.61. The number of rotatable bonds is 6. The fourth-order valence-electron chi connectivity index (χ4n) is 3.62. The Balaban J connectivity index is 1.43. The smallest absolute Gasteiger partial charge is 0.261 e. The monoisotopic (exact) mass is 377 g/mol. The van der Waals surface area contributed by atoms with E-state index in [4.69, 9.17) is 9.26 Å². The molecule has 28 heavy (non-hydrogen) atoms. The number of likely N-dealkylation sites (tertiary alicyclic amines) is 1. The zero-order chi connectivity index (χ0) is 19.5. The van der Waals surface area contributed by atoms with Gasteiger partial charge in [0.05, 0.1) is 12.7 Å². The van der Waals surface area contributed by atoms with E-state index in [1.165, 1.54) is 11.1 Å². The molecule has 0 radical (unpaired) electrons. The number of hydrogen-bond acceptors (Lipinski definition) is 5. The number of hydrogen-bond donors (Lipinski definition) is 0. The molecule has 0 aliphatic carbocycles. The normalized spacial score (nSPS) is 16.6. The summed E-state index contributed by atoms with van der Waals surface area (Å²) >= 11 is 0. The molecule has 0 bridgehead atoms. The molecule has 2 heterocycles. The Hall–Kier alpha value is -3.15. The van der Waals surface area contributed by atoms with Gasteiger partial charge in [0.1, 0.15) is 5.75 Å². The second-order valence-electron chi connectivity index (χ2n) is 7.14. The highest BCUT2D eigenvalue weighted by Crippen LogP contribution is 2.31. The van der Waals surface area contributed by atoms with Crippen LogP contribution in [0.2, 0.25) is 0 Å². The van der Waals surface area contributed by atoms with Crippen molar-refractivity contribution >= 4 is 5.91 Å². The van der Waals surface area contributed by atoms with Crippen molar-refractivity contribution in [3.63, 3.8) is 0 Å². The first-order valence-electron chi connectivity index (χ1n) is 9.44. The first kappa shape index (κ1) is 18.2. The molecule has 0 spiro atoms. The molecule has 0 N–H and O–H groups in total. The number of aromatic nitrogens is 2. The average Bonchev–Trinajstić information content (AvgIpc) is 3.33. The molecule has 6 nitrogen and oxygen atoms in total. The van der Waals surface area contributed by atoms with Gasteiger partial charge in [-0.3, -0.25) is 4.79 Å². The van der Waals surface area contributed by atoms with Gasteiger partial charge in [-0.2, -0.15) is 4.98 Å². The number of methoxy groups -OCH3 is 1. The van der Waals surface area contributed by atoms with Gasteiger partial charge in [-0.15, -0.1) is 0 Å². The lowest BCUT2D eigenvalue weighted by Gasteiger charge is -2.16. The van der Waals surface area contributed by atoms with Crippen LogP contribution in [0, 0.1) is 6.92 Å². The molecule has 144 valence electrons. The largest absolute Gasteiger partial charge is 0.496 e. The molecule has 1 aliphatic heterocycles. The van der Waals surface area contributed by atoms with Crippen LogP contribution in [-0.4, -0.2) is 41.1 Å². The van der Waals surface area contributed by atoms with Gasteiger partial charge < -0.3 is 14.2 Å². The summed E-state index contributed by atoms with van der Waals surface area (Å²) in [6, 6.07) is 15.9. The van der Waals surface area contributed by atoms with E-state index in [2.05, 4.69) is 41.3 Å². The Bertz CT molecular complexity index is 982. The van der Waals surface area contributed by atoms with Gasteiger partial charge in [0.15, 0.2) is 5.82 Å². The maximum absolute atomic E-state index is 12.4. The van der Waals surface area contributed by atoms with Gasteiger partial charge in [-0.05, 0) is 31.0 Å². The Morgan fingerprint density at radius 1 is 1.21 bits per heavy atom. The van der Waals surface area contributed by atoms with Crippen LogP contribution in [-0.2, 0) is 11.2 Å². The lowest BCUT2D eigenvalue weighted by atomic mass is 10.1. The maximum Gasteiger partial charge on any atom is 0.261 e. The number of aryl methyl sites for hydroxylation is 1. The highest BCUT2D eigenvalue weighted by Gasteiger charge is 2.33. The predicted molar refractivity (Wildman–Crippen MR) is 105 cm³/mol. The summed E-state index contributed by atoms with van der Waals surface area (Å²) in [4.78, 5) is 18.9. The van der Waals surface area contributed by atoms with Crippen molar-refractivity contribution in [2.75, 3.05) is 20.2 Å². The molecule has 1 saturated heterocycles. The van der Waals surface area contributed by atoms with Gasteiger partial charge in [-0.1, -0.05) is 47.1 Å². The zero-order valence-corrected chi connectivity index (χ0v) is 16.1. The van der Waals surface area contributed by atoms with E-state index < -0.39 is 0 Å². The van der Waals surface area contributed by atoms with Crippen molar-refractivity contribution in [2.24, 2.45) is 0 Å². The third-order valence-corrected chi connectivity index (χ3v) is 5.11. The fourth-order valence-corrected chi connectivity index (χ4v) is 3.62. The first-order chi connectivity index (χ1) is 13.6. The number of ether oxygens (including phenoxy) is 1. The van der Waals surface area contributed by atoms with Crippen molar-refractivity contribution in [3.8, 4) is 17.2 Å². The second-order valence-corrected chi connectivity index (χ2v) is 7.14. The summed E-state index contributed by atoms with van der Waals surface area (Å²) in [7, 11) is 1.61. The molecular weight excluding hydrogens is 354 g/mol. The minimum Gasteiger partial charge on any atom is -0.496 e. The van der Waals surface area contributed by atoms with E-state index in [0.717, 1.165) is 12.0 Å². The molecular formula is C22H23N3O3. The van der Waals surface area contributed by atoms with Crippen molar-refractivity contribution < 1.29 is 14.1 Å². The SMILES string of the molecule is COc1ccccc1-c1nc(C2CC(=O)N(CCc3cccc(C)c3)C2)no1. The van der Waals surface area contributed by atoms with Crippen LogP contribution in [0.4, 0.5) is 0 Å². The second kappa shape index (κ2) is 7.84. The van der Waals surface area contributed by atoms with E-state index in [1.807, 2.05) is 29.2 Å². The van der Waals surface area contributed by atoms with E-state index in [-0.39, 0.29) is 11.8 Å². The van der Waals surface area contributed by atoms with Crippen molar-refractivity contribution in [3.05, 3.63) is 65.5 Å². The van der Waals surface area contributed by atoms with Crippen LogP contribution in [0.25, 0.3) is 11.5 Å². The van der Waals surface area contributed by atoms with Gasteiger partial charge in [0.25, 0.3) is 5.89 Å². The molecule has 1 aromatic heterocycles. The summed E-state index contributed by atoms with van der Waals surface area (Å²) in [6.07, 6.45) is 1.26. The number of carbonyl (C=O) groups excluding carboxylic acids is 1. The number of benzene rings is 2. The van der Waals surface area contributed by atoms with Gasteiger partial charge in [-0.25, -0.2) is 0 Å². The van der Waals surface area contributed by atoms with Crippen LogP contribution in [0.15, 0.2) is 53.1 Å². The molecule has 6 heteroatoms. The average molecular weight is 377 g/mol. The number of amides is 1. The highest BCUT2D eigenvalue weighted by molar-refractivity contribution is 5.79. The molecule has 1 atom stereocenters. The van der Waals surface area contributed by atoms with Crippen LogP contribution < -0.4 is 4.74 Å². The first-order valence-corrected chi connectivity index (χ1v) is 9.44. The molecule has 1 amide bonds. The summed E-state index contributed by atoms with van der Waals surface area (Å²) in [5.41, 5.74) is 3.23. The molecule has 2 aromatic carbocycles. The fraction of sp³-hybridized carbons (Fsp3) is 0.318. The molecule has 1 unspecified atom stereocenters. The van der Waals surface area contributed by atoms with Gasteiger partial charge in [0, 0.05) is 25.4 Å². The Morgan fingerprint density at radius 3 is 2.89 bits per heavy atom. The van der Waals surface area contributed by atoms with E-state index in [9.17, 15) is 4.79 Å². The van der Waals surface area contributed by atoms with Crippen molar-refractivity contribution in [1.29, 1.82) is 0 Å². The summed E-state index contributed by atoms with van der Waals surface area (Å²) < 4.78 is 10.8. The maximum atomic E-state index is 12.4. The van der Waals surface area contributed by atoms with Crippen molar-refractivity contribution in [1.82, 2.24) is 15.0 Å². The molecule has 1 fully saturated rings. The third kappa shape index (κ3) is 3.76. The molecule has 1 aliphatic rings. The Morgan fingerprint density at radius 2 is 2.07 bits per heavy atom. The summed E-state index contributed by atoms with van der Waals surface area (Å²) in [6.45, 7) is 3.40. The van der Waals surface area contributed by atoms with Gasteiger partial charge >= 0.3 is 0 Å². The van der Waals surface area contributed by atoms with E-state index in [1.54, 1.807) is 7.11 Å². The van der Waals surface area contributed by atoms with Crippen LogP contribution in [0.1, 0.15) is 29.3 Å². The van der Waals surface area contributed by atoms with E-state index in [0.29, 0.717) is 37.0 Å². The summed E-state index contributed by atoms with van der Waals surface area (Å²) in [5, 5.41) is 4.13. The van der Waals surface area contributed by atoms with Crippen LogP contribution in [0.3, 0.4) is 0 Å². The molecule has 0 saturated carbocycles. The molecule has 4 rings (SSSR count). The molecule has 3 aromatic rings. The zero-order valence-electron chi connectivity index (χ0n) is 16.1. The Kier molecular flexibility index (Phi) is 5.10. The number of para-hydroxylation sites is 1. The van der Waals surface area contributed by atoms with E-state index >= 15 is 0 Å². The van der Waals surface area contributed by atoms with Crippen molar-refractivity contribution in [2.45, 2.75) is 25.7 Å². The minimum absolute atomic E-state index is 0.0442. The highest BCUT2D eigenvalue weighted by atomic mass is 16.5.